The number of benzene rings is 4. The summed E-state index contributed by atoms with van der Waals surface area (Å²) in [6.07, 6.45) is 3.05. The van der Waals surface area contributed by atoms with Gasteiger partial charge in [0.05, 0.1) is 5.69 Å². The molecule has 0 saturated carbocycles. The Morgan fingerprint density at radius 3 is 2.31 bits per heavy atom. The third kappa shape index (κ3) is 3.07. The Morgan fingerprint density at radius 1 is 0.724 bits per heavy atom. The highest BCUT2D eigenvalue weighted by molar-refractivity contribution is 6.18. The summed E-state index contributed by atoms with van der Waals surface area (Å²) < 4.78 is 0. The number of hydrogen-bond acceptors (Lipinski definition) is 1. The van der Waals surface area contributed by atoms with Gasteiger partial charge in [-0.05, 0) is 69.5 Å². The van der Waals surface area contributed by atoms with Crippen LogP contribution in [0.25, 0.3) is 43.6 Å². The van der Waals surface area contributed by atoms with Crippen LogP contribution in [0.3, 0.4) is 0 Å². The van der Waals surface area contributed by atoms with Crippen LogP contribution in [0, 0.1) is 12.8 Å². The second kappa shape index (κ2) is 7.00. The van der Waals surface area contributed by atoms with E-state index in [0.29, 0.717) is 5.92 Å². The van der Waals surface area contributed by atoms with Gasteiger partial charge in [-0.1, -0.05) is 74.5 Å². The highest BCUT2D eigenvalue weighted by Gasteiger charge is 2.12. The first-order valence-electron chi connectivity index (χ1n) is 10.4. The molecule has 0 amide bonds. The Bertz CT molecular complexity index is 1360. The molecule has 1 nitrogen and oxygen atoms in total. The van der Waals surface area contributed by atoms with E-state index < -0.39 is 0 Å². The van der Waals surface area contributed by atoms with Crippen LogP contribution in [0.4, 0.5) is 0 Å². The summed E-state index contributed by atoms with van der Waals surface area (Å²) in [5.41, 5.74) is 4.98. The normalized spacial score (nSPS) is 11.7. The van der Waals surface area contributed by atoms with Gasteiger partial charge in [0.2, 0.25) is 0 Å². The molecule has 0 aliphatic carbocycles. The van der Waals surface area contributed by atoms with E-state index >= 15 is 0 Å². The van der Waals surface area contributed by atoms with Crippen molar-refractivity contribution in [3.63, 3.8) is 0 Å². The van der Waals surface area contributed by atoms with Crippen molar-refractivity contribution in [2.24, 2.45) is 5.92 Å². The van der Waals surface area contributed by atoms with Crippen LogP contribution < -0.4 is 0 Å². The van der Waals surface area contributed by atoms with Gasteiger partial charge in [-0.15, -0.1) is 0 Å². The predicted octanol–water partition coefficient (Wildman–Crippen LogP) is 7.72. The zero-order valence-corrected chi connectivity index (χ0v) is 17.2. The van der Waals surface area contributed by atoms with E-state index in [1.54, 1.807) is 0 Å². The van der Waals surface area contributed by atoms with Gasteiger partial charge in [-0.25, -0.2) is 0 Å². The summed E-state index contributed by atoms with van der Waals surface area (Å²) in [6.45, 7) is 6.72. The topological polar surface area (TPSA) is 12.9 Å². The van der Waals surface area contributed by atoms with Crippen molar-refractivity contribution in [3.8, 4) is 11.3 Å². The lowest BCUT2D eigenvalue weighted by atomic mass is 9.92. The standard InChI is InChI=1S/C28H25N/c1-18(2)16-20-9-8-19(3)27(17-20)28-26-13-12-23-22-7-5-4-6-21(22)10-11-24(23)25(26)14-15-29-28/h4-15,17-18H,16H2,1-3H3. The number of hydrogen-bond donors (Lipinski definition) is 0. The van der Waals surface area contributed by atoms with Crippen LogP contribution in [0.1, 0.15) is 25.0 Å². The van der Waals surface area contributed by atoms with E-state index in [0.717, 1.165) is 12.1 Å². The second-order valence-corrected chi connectivity index (χ2v) is 8.45. The number of rotatable bonds is 3. The minimum absolute atomic E-state index is 0.642. The van der Waals surface area contributed by atoms with Crippen molar-refractivity contribution in [1.82, 2.24) is 4.98 Å². The maximum atomic E-state index is 4.83. The van der Waals surface area contributed by atoms with Gasteiger partial charge in [0.15, 0.2) is 0 Å². The molecule has 0 saturated heterocycles. The summed E-state index contributed by atoms with van der Waals surface area (Å²) in [6, 6.07) is 26.6. The maximum absolute atomic E-state index is 4.83. The molecule has 0 spiro atoms. The molecule has 1 aromatic heterocycles. The smallest absolute Gasteiger partial charge is 0.0783 e. The Hall–Kier alpha value is -3.19. The summed E-state index contributed by atoms with van der Waals surface area (Å²) in [7, 11) is 0. The monoisotopic (exact) mass is 375 g/mol. The van der Waals surface area contributed by atoms with Crippen LogP contribution in [-0.2, 0) is 6.42 Å². The van der Waals surface area contributed by atoms with Gasteiger partial charge in [0.1, 0.15) is 0 Å². The number of nitrogens with zero attached hydrogens (tertiary/aromatic N) is 1. The number of fused-ring (bicyclic) bond motifs is 5. The third-order valence-electron chi connectivity index (χ3n) is 5.87. The van der Waals surface area contributed by atoms with E-state index in [1.165, 1.54) is 49.0 Å². The van der Waals surface area contributed by atoms with E-state index in [1.807, 2.05) is 6.20 Å². The van der Waals surface area contributed by atoms with Crippen LogP contribution in [0.5, 0.6) is 0 Å². The quantitative estimate of drug-likeness (QED) is 0.294. The van der Waals surface area contributed by atoms with Crippen LogP contribution in [-0.4, -0.2) is 4.98 Å². The molecule has 0 aliphatic rings. The fraction of sp³-hybridized carbons (Fsp3) is 0.179. The molecule has 0 radical (unpaired) electrons. The first kappa shape index (κ1) is 17.9. The zero-order valence-electron chi connectivity index (χ0n) is 17.2. The molecule has 1 heterocycles. The number of pyridine rings is 1. The van der Waals surface area contributed by atoms with Crippen LogP contribution >= 0.6 is 0 Å². The van der Waals surface area contributed by atoms with Crippen molar-refractivity contribution in [2.45, 2.75) is 27.2 Å². The fourth-order valence-electron chi connectivity index (χ4n) is 4.49. The molecule has 1 heteroatoms. The molecule has 0 atom stereocenters. The number of aromatic nitrogens is 1. The minimum atomic E-state index is 0.642. The van der Waals surface area contributed by atoms with Crippen molar-refractivity contribution in [1.29, 1.82) is 0 Å². The van der Waals surface area contributed by atoms with Gasteiger partial charge in [0.25, 0.3) is 0 Å². The Morgan fingerprint density at radius 2 is 1.45 bits per heavy atom. The molecule has 0 bridgehead atoms. The molecule has 4 aromatic carbocycles. The predicted molar refractivity (Wildman–Crippen MR) is 125 cm³/mol. The van der Waals surface area contributed by atoms with Crippen LogP contribution in [0.2, 0.25) is 0 Å². The maximum Gasteiger partial charge on any atom is 0.0783 e. The minimum Gasteiger partial charge on any atom is -0.256 e. The first-order valence-corrected chi connectivity index (χ1v) is 10.4. The molecule has 29 heavy (non-hydrogen) atoms. The number of aryl methyl sites for hydroxylation is 1. The van der Waals surface area contributed by atoms with Crippen LogP contribution in [0.15, 0.2) is 79.0 Å². The Kier molecular flexibility index (Phi) is 4.32. The summed E-state index contributed by atoms with van der Waals surface area (Å²) in [4.78, 5) is 4.83. The average Bonchev–Trinajstić information content (AvgIpc) is 2.74. The largest absolute Gasteiger partial charge is 0.256 e. The molecular weight excluding hydrogens is 350 g/mol. The van der Waals surface area contributed by atoms with Crippen molar-refractivity contribution < 1.29 is 0 Å². The molecular formula is C28H25N. The molecule has 0 N–H and O–H groups in total. The van der Waals surface area contributed by atoms with Gasteiger partial charge in [-0.3, -0.25) is 4.98 Å². The molecule has 0 aliphatic heterocycles. The lowest BCUT2D eigenvalue weighted by Gasteiger charge is -2.14. The van der Waals surface area contributed by atoms with Gasteiger partial charge < -0.3 is 0 Å². The first-order chi connectivity index (χ1) is 14.1. The summed E-state index contributed by atoms with van der Waals surface area (Å²) in [5.74, 6) is 0.642. The lowest BCUT2D eigenvalue weighted by molar-refractivity contribution is 0.647. The Labute approximate surface area is 172 Å². The molecule has 5 aromatic rings. The van der Waals surface area contributed by atoms with E-state index in [9.17, 15) is 0 Å². The molecule has 0 fully saturated rings. The average molecular weight is 376 g/mol. The van der Waals surface area contributed by atoms with Crippen molar-refractivity contribution in [2.75, 3.05) is 0 Å². The van der Waals surface area contributed by atoms with E-state index in [2.05, 4.69) is 93.6 Å². The third-order valence-corrected chi connectivity index (χ3v) is 5.87. The van der Waals surface area contributed by atoms with Gasteiger partial charge >= 0.3 is 0 Å². The molecule has 142 valence electrons. The van der Waals surface area contributed by atoms with Gasteiger partial charge in [-0.2, -0.15) is 0 Å². The zero-order chi connectivity index (χ0) is 20.0. The summed E-state index contributed by atoms with van der Waals surface area (Å²) in [5, 5.41) is 7.68. The second-order valence-electron chi connectivity index (χ2n) is 8.45. The van der Waals surface area contributed by atoms with Crippen molar-refractivity contribution in [3.05, 3.63) is 90.1 Å². The highest BCUT2D eigenvalue weighted by atomic mass is 14.7. The highest BCUT2D eigenvalue weighted by Crippen LogP contribution is 2.36. The molecule has 0 unspecified atom stereocenters. The Balaban J connectivity index is 1.78. The van der Waals surface area contributed by atoms with E-state index in [-0.39, 0.29) is 0 Å². The van der Waals surface area contributed by atoms with E-state index in [4.69, 9.17) is 4.98 Å². The fourth-order valence-corrected chi connectivity index (χ4v) is 4.49. The van der Waals surface area contributed by atoms with Crippen molar-refractivity contribution >= 4 is 32.3 Å². The lowest BCUT2D eigenvalue weighted by Crippen LogP contribution is -1.96. The SMILES string of the molecule is Cc1ccc(CC(C)C)cc1-c1nccc2c1ccc1c3ccccc3ccc21. The van der Waals surface area contributed by atoms with Gasteiger partial charge in [0, 0.05) is 17.1 Å². The molecule has 5 rings (SSSR count). The summed E-state index contributed by atoms with van der Waals surface area (Å²) >= 11 is 0.